The second-order valence-electron chi connectivity index (χ2n) is 9.05. The topological polar surface area (TPSA) is 84.3 Å². The van der Waals surface area contributed by atoms with E-state index >= 15 is 0 Å². The van der Waals surface area contributed by atoms with Crippen LogP contribution in [0, 0.1) is 11.8 Å². The highest BCUT2D eigenvalue weighted by atomic mass is 35.5. The van der Waals surface area contributed by atoms with E-state index in [1.54, 1.807) is 14.0 Å². The Labute approximate surface area is 209 Å². The molecule has 1 saturated carbocycles. The second kappa shape index (κ2) is 9.46. The molecule has 1 aromatic heterocycles. The molecule has 2 aliphatic rings. The molecule has 1 aromatic carbocycles. The van der Waals surface area contributed by atoms with Crippen LogP contribution in [0.15, 0.2) is 23.0 Å². The van der Waals surface area contributed by atoms with Gasteiger partial charge in [-0.05, 0) is 61.9 Å². The Morgan fingerprint density at radius 2 is 1.91 bits per heavy atom. The molecular weight excluding hydrogens is 508 g/mol. The fourth-order valence-corrected chi connectivity index (χ4v) is 5.17. The van der Waals surface area contributed by atoms with Crippen LogP contribution in [0.2, 0.25) is 10.3 Å². The molecule has 0 radical (unpaired) electrons. The number of nitrogens with one attached hydrogen (secondary N) is 1. The smallest absolute Gasteiger partial charge is 0.359 e. The molecule has 2 amide bonds. The van der Waals surface area contributed by atoms with Gasteiger partial charge in [0, 0.05) is 36.7 Å². The Morgan fingerprint density at radius 1 is 1.23 bits per heavy atom. The molecule has 7 nitrogen and oxygen atoms in total. The fraction of sp³-hybridized carbons (Fsp3) is 0.478. The summed E-state index contributed by atoms with van der Waals surface area (Å²) >= 11 is 12.0. The number of aromatic nitrogens is 2. The molecule has 12 heteroatoms. The molecule has 4 rings (SSSR count). The predicted molar refractivity (Wildman–Crippen MR) is 123 cm³/mol. The standard InChI is InChI=1S/C23H23Cl2F3N4O3/c1-11-5-15-18(10-31(11)20(34)13-3-4-17(24)16(8-13)23(26,27)28)30-22(25)32(21(15)35)9-12-6-14(7-12)19(33)29-2/h3-4,8,11-12,14H,5-7,9-10H2,1-2H3,(H,29,33)/t11-,12?,14?/m1/s1. The first-order chi connectivity index (χ1) is 16.4. The van der Waals surface area contributed by atoms with Gasteiger partial charge in [-0.25, -0.2) is 4.98 Å². The van der Waals surface area contributed by atoms with Crippen LogP contribution in [0.5, 0.6) is 0 Å². The van der Waals surface area contributed by atoms with E-state index in [0.717, 1.165) is 12.1 Å². The third-order valence-electron chi connectivity index (χ3n) is 6.73. The first kappa shape index (κ1) is 25.5. The minimum Gasteiger partial charge on any atom is -0.359 e. The van der Waals surface area contributed by atoms with Crippen LogP contribution in [-0.2, 0) is 30.5 Å². The van der Waals surface area contributed by atoms with Crippen molar-refractivity contribution in [3.05, 3.63) is 61.2 Å². The van der Waals surface area contributed by atoms with Gasteiger partial charge in [-0.2, -0.15) is 13.2 Å². The van der Waals surface area contributed by atoms with E-state index in [1.807, 2.05) is 0 Å². The van der Waals surface area contributed by atoms with Gasteiger partial charge in [-0.3, -0.25) is 19.0 Å². The molecule has 0 unspecified atom stereocenters. The number of alkyl halides is 3. The van der Waals surface area contributed by atoms with Crippen LogP contribution in [0.4, 0.5) is 13.2 Å². The number of hydrogen-bond donors (Lipinski definition) is 1. The molecule has 2 heterocycles. The van der Waals surface area contributed by atoms with E-state index in [1.165, 1.54) is 15.5 Å². The van der Waals surface area contributed by atoms with Gasteiger partial charge < -0.3 is 10.2 Å². The van der Waals surface area contributed by atoms with E-state index in [-0.39, 0.29) is 47.1 Å². The van der Waals surface area contributed by atoms with Crippen LogP contribution >= 0.6 is 23.2 Å². The summed E-state index contributed by atoms with van der Waals surface area (Å²) in [4.78, 5) is 43.7. The van der Waals surface area contributed by atoms with E-state index in [9.17, 15) is 27.6 Å². The highest BCUT2D eigenvalue weighted by Gasteiger charge is 2.37. The van der Waals surface area contributed by atoms with Gasteiger partial charge >= 0.3 is 6.18 Å². The summed E-state index contributed by atoms with van der Waals surface area (Å²) in [5.74, 6) is -0.596. The van der Waals surface area contributed by atoms with E-state index in [4.69, 9.17) is 23.2 Å². The summed E-state index contributed by atoms with van der Waals surface area (Å²) in [5.41, 5.74) is -0.793. The van der Waals surface area contributed by atoms with Crippen molar-refractivity contribution in [2.45, 2.75) is 51.5 Å². The van der Waals surface area contributed by atoms with Crippen molar-refractivity contribution in [3.8, 4) is 0 Å². The first-order valence-corrected chi connectivity index (χ1v) is 11.8. The number of rotatable bonds is 4. The Morgan fingerprint density at radius 3 is 2.54 bits per heavy atom. The zero-order valence-corrected chi connectivity index (χ0v) is 20.5. The summed E-state index contributed by atoms with van der Waals surface area (Å²) in [7, 11) is 1.59. The Balaban J connectivity index is 1.55. The van der Waals surface area contributed by atoms with Crippen molar-refractivity contribution in [1.82, 2.24) is 19.8 Å². The normalized spacial score (nSPS) is 21.8. The summed E-state index contributed by atoms with van der Waals surface area (Å²) in [6.45, 7) is 2.00. The van der Waals surface area contributed by atoms with Crippen LogP contribution in [0.3, 0.4) is 0 Å². The Hall–Kier alpha value is -2.59. The van der Waals surface area contributed by atoms with Crippen LogP contribution < -0.4 is 10.9 Å². The van der Waals surface area contributed by atoms with Gasteiger partial charge in [-0.1, -0.05) is 11.6 Å². The van der Waals surface area contributed by atoms with Crippen molar-refractivity contribution in [3.63, 3.8) is 0 Å². The van der Waals surface area contributed by atoms with Gasteiger partial charge in [0.2, 0.25) is 11.2 Å². The van der Waals surface area contributed by atoms with Gasteiger partial charge in [-0.15, -0.1) is 0 Å². The van der Waals surface area contributed by atoms with E-state index in [0.29, 0.717) is 30.6 Å². The Bertz CT molecular complexity index is 1240. The quantitative estimate of drug-likeness (QED) is 0.607. The first-order valence-electron chi connectivity index (χ1n) is 11.1. The average molecular weight is 531 g/mol. The minimum absolute atomic E-state index is 0.0232. The minimum atomic E-state index is -4.70. The van der Waals surface area contributed by atoms with Crippen LogP contribution in [0.1, 0.15) is 46.9 Å². The molecule has 0 saturated heterocycles. The monoisotopic (exact) mass is 530 g/mol. The molecular formula is C23H23Cl2F3N4O3. The third kappa shape index (κ3) is 4.91. The van der Waals surface area contributed by atoms with Crippen molar-refractivity contribution in [2.75, 3.05) is 7.05 Å². The number of halogens is 5. The molecule has 0 bridgehead atoms. The molecule has 1 N–H and O–H groups in total. The molecule has 35 heavy (non-hydrogen) atoms. The summed E-state index contributed by atoms with van der Waals surface area (Å²) in [6.07, 6.45) is -3.21. The highest BCUT2D eigenvalue weighted by Crippen LogP contribution is 2.37. The van der Waals surface area contributed by atoms with Crippen molar-refractivity contribution in [1.29, 1.82) is 0 Å². The summed E-state index contributed by atoms with van der Waals surface area (Å²) < 4.78 is 41.1. The Kier molecular flexibility index (Phi) is 6.89. The number of benzene rings is 1. The number of carbonyl (C=O) groups is 2. The van der Waals surface area contributed by atoms with Gasteiger partial charge in [0.15, 0.2) is 0 Å². The van der Waals surface area contributed by atoms with Crippen LogP contribution in [0.25, 0.3) is 0 Å². The van der Waals surface area contributed by atoms with E-state index in [2.05, 4.69) is 10.3 Å². The zero-order valence-electron chi connectivity index (χ0n) is 19.0. The summed E-state index contributed by atoms with van der Waals surface area (Å²) in [5, 5.41) is 2.10. The number of hydrogen-bond acceptors (Lipinski definition) is 4. The number of nitrogens with zero attached hydrogens (tertiary/aromatic N) is 3. The van der Waals surface area contributed by atoms with Gasteiger partial charge in [0.1, 0.15) is 0 Å². The SMILES string of the molecule is CNC(=O)C1CC(Cn2c(Cl)nc3c(c2=O)C[C@@H](C)N(C(=O)c2ccc(Cl)c(C(F)(F)F)c2)C3)C1. The maximum Gasteiger partial charge on any atom is 0.417 e. The lowest BCUT2D eigenvalue weighted by atomic mass is 9.74. The molecule has 1 aliphatic carbocycles. The number of fused-ring (bicyclic) bond motifs is 1. The number of amides is 2. The van der Waals surface area contributed by atoms with Crippen molar-refractivity contribution < 1.29 is 22.8 Å². The van der Waals surface area contributed by atoms with E-state index < -0.39 is 28.7 Å². The van der Waals surface area contributed by atoms with Crippen LogP contribution in [-0.4, -0.2) is 39.4 Å². The van der Waals surface area contributed by atoms with Gasteiger partial charge in [0.25, 0.3) is 11.5 Å². The third-order valence-corrected chi connectivity index (χ3v) is 7.34. The maximum absolute atomic E-state index is 13.2. The van der Waals surface area contributed by atoms with Crippen molar-refractivity contribution in [2.24, 2.45) is 11.8 Å². The van der Waals surface area contributed by atoms with Gasteiger partial charge in [0.05, 0.1) is 22.8 Å². The molecule has 1 aliphatic heterocycles. The molecule has 1 fully saturated rings. The summed E-state index contributed by atoms with van der Waals surface area (Å²) in [6, 6.07) is 2.56. The largest absolute Gasteiger partial charge is 0.417 e. The lowest BCUT2D eigenvalue weighted by Gasteiger charge is -2.36. The molecule has 2 aromatic rings. The second-order valence-corrected chi connectivity index (χ2v) is 9.79. The highest BCUT2D eigenvalue weighted by molar-refractivity contribution is 6.31. The molecule has 0 spiro atoms. The molecule has 1 atom stereocenters. The zero-order chi connectivity index (χ0) is 25.7. The predicted octanol–water partition coefficient (Wildman–Crippen LogP) is 3.93. The lowest BCUT2D eigenvalue weighted by molar-refractivity contribution is -0.137. The number of carbonyl (C=O) groups excluding carboxylic acids is 2. The fourth-order valence-electron chi connectivity index (χ4n) is 4.70. The molecule has 188 valence electrons. The average Bonchev–Trinajstić information content (AvgIpc) is 2.76. The maximum atomic E-state index is 13.2. The van der Waals surface area contributed by atoms with Crippen molar-refractivity contribution >= 4 is 35.0 Å². The lowest BCUT2D eigenvalue weighted by Crippen LogP contribution is -2.46.